The summed E-state index contributed by atoms with van der Waals surface area (Å²) >= 11 is 0. The van der Waals surface area contributed by atoms with Crippen LogP contribution in [0.5, 0.6) is 5.75 Å². The highest BCUT2D eigenvalue weighted by Gasteiger charge is 2.32. The van der Waals surface area contributed by atoms with Crippen molar-refractivity contribution in [2.24, 2.45) is 0 Å². The number of methoxy groups -OCH3 is 1. The maximum absolute atomic E-state index is 13.0. The Hall–Kier alpha value is -2.42. The number of esters is 1. The van der Waals surface area contributed by atoms with Crippen molar-refractivity contribution >= 4 is 16.0 Å². The molecule has 0 spiro atoms. The number of carbonyl (C=O) groups is 1. The summed E-state index contributed by atoms with van der Waals surface area (Å²) in [6, 6.07) is 13.1. The van der Waals surface area contributed by atoms with Gasteiger partial charge in [0, 0.05) is 18.7 Å². The molecule has 1 saturated heterocycles. The minimum atomic E-state index is -3.74. The Morgan fingerprint density at radius 3 is 2.48 bits per heavy atom. The second-order valence-corrected chi connectivity index (χ2v) is 8.93. The van der Waals surface area contributed by atoms with Gasteiger partial charge in [-0.3, -0.25) is 0 Å². The first-order chi connectivity index (χ1) is 13.8. The Labute approximate surface area is 171 Å². The predicted molar refractivity (Wildman–Crippen MR) is 107 cm³/mol. The van der Waals surface area contributed by atoms with E-state index in [0.717, 1.165) is 5.56 Å². The molecule has 1 fully saturated rings. The summed E-state index contributed by atoms with van der Waals surface area (Å²) in [5, 5.41) is 0. The van der Waals surface area contributed by atoms with Gasteiger partial charge in [0.25, 0.3) is 0 Å². The molecule has 1 aliphatic rings. The van der Waals surface area contributed by atoms with Crippen LogP contribution in [0.2, 0.25) is 0 Å². The summed E-state index contributed by atoms with van der Waals surface area (Å²) in [4.78, 5) is 12.5. The Morgan fingerprint density at radius 2 is 1.79 bits per heavy atom. The lowest BCUT2D eigenvalue weighted by Gasteiger charge is -2.34. The molecular weight excluding hydrogens is 394 g/mol. The average Bonchev–Trinajstić information content (AvgIpc) is 2.71. The summed E-state index contributed by atoms with van der Waals surface area (Å²) in [7, 11) is -2.19. The zero-order valence-electron chi connectivity index (χ0n) is 16.7. The summed E-state index contributed by atoms with van der Waals surface area (Å²) in [5.74, 6) is 0.0175. The molecule has 0 aromatic heterocycles. The lowest BCUT2D eigenvalue weighted by molar-refractivity contribution is -0.0440. The van der Waals surface area contributed by atoms with Crippen molar-refractivity contribution in [1.29, 1.82) is 0 Å². The molecular formula is C21H25NO6S. The largest absolute Gasteiger partial charge is 0.496 e. The number of carbonyl (C=O) groups excluding carboxylic acids is 1. The van der Waals surface area contributed by atoms with Crippen molar-refractivity contribution in [3.63, 3.8) is 0 Å². The van der Waals surface area contributed by atoms with Crippen molar-refractivity contribution in [3.05, 3.63) is 59.7 Å². The van der Waals surface area contributed by atoms with E-state index in [1.54, 1.807) is 25.3 Å². The summed E-state index contributed by atoms with van der Waals surface area (Å²) < 4.78 is 43.6. The molecule has 156 valence electrons. The summed E-state index contributed by atoms with van der Waals surface area (Å²) in [5.41, 5.74) is 0.902. The van der Waals surface area contributed by atoms with E-state index >= 15 is 0 Å². The third kappa shape index (κ3) is 4.95. The number of hydrogen-bond acceptors (Lipinski definition) is 6. The highest BCUT2D eigenvalue weighted by molar-refractivity contribution is 7.89. The van der Waals surface area contributed by atoms with Gasteiger partial charge in [0.05, 0.1) is 29.8 Å². The third-order valence-corrected chi connectivity index (χ3v) is 6.47. The van der Waals surface area contributed by atoms with Gasteiger partial charge in [-0.25, -0.2) is 13.2 Å². The molecule has 0 bridgehead atoms. The van der Waals surface area contributed by atoms with Crippen LogP contribution in [0.25, 0.3) is 0 Å². The molecule has 8 heteroatoms. The first-order valence-corrected chi connectivity index (χ1v) is 10.8. The second-order valence-electron chi connectivity index (χ2n) is 7.00. The van der Waals surface area contributed by atoms with E-state index in [0.29, 0.717) is 5.75 Å². The number of morpholine rings is 1. The van der Waals surface area contributed by atoms with Crippen molar-refractivity contribution < 1.29 is 27.4 Å². The molecule has 0 aliphatic carbocycles. The normalized spacial score (nSPS) is 20.2. The van der Waals surface area contributed by atoms with Crippen LogP contribution in [0.1, 0.15) is 29.8 Å². The fraction of sp³-hybridized carbons (Fsp3) is 0.381. The molecule has 0 radical (unpaired) electrons. The molecule has 2 aromatic rings. The van der Waals surface area contributed by atoms with Crippen LogP contribution in [0.3, 0.4) is 0 Å². The first-order valence-electron chi connectivity index (χ1n) is 9.36. The smallest absolute Gasteiger partial charge is 0.338 e. The van der Waals surface area contributed by atoms with Gasteiger partial charge < -0.3 is 14.2 Å². The van der Waals surface area contributed by atoms with Crippen LogP contribution in [0.4, 0.5) is 0 Å². The number of rotatable bonds is 6. The van der Waals surface area contributed by atoms with Gasteiger partial charge in [-0.2, -0.15) is 4.31 Å². The molecule has 0 amide bonds. The molecule has 29 heavy (non-hydrogen) atoms. The summed E-state index contributed by atoms with van der Waals surface area (Å²) in [6.07, 6.45) is -0.384. The van der Waals surface area contributed by atoms with Crippen LogP contribution in [-0.4, -0.2) is 51.1 Å². The van der Waals surface area contributed by atoms with Gasteiger partial charge in [0.1, 0.15) is 12.4 Å². The van der Waals surface area contributed by atoms with Crippen LogP contribution in [-0.2, 0) is 26.1 Å². The molecule has 1 heterocycles. The van der Waals surface area contributed by atoms with Gasteiger partial charge in [-0.1, -0.05) is 24.3 Å². The Kier molecular flexibility index (Phi) is 6.56. The number of para-hydroxylation sites is 1. The standard InChI is InChI=1S/C21H25NO6S/c1-15-12-22(13-16(2)28-15)29(24,25)19-9-6-8-17(11-19)21(23)27-14-18-7-4-5-10-20(18)26-3/h4-11,15-16H,12-14H2,1-3H3/t15-,16+. The molecule has 0 saturated carbocycles. The van der Waals surface area contributed by atoms with E-state index in [9.17, 15) is 13.2 Å². The van der Waals surface area contributed by atoms with Crippen LogP contribution in [0.15, 0.2) is 53.4 Å². The van der Waals surface area contributed by atoms with E-state index < -0.39 is 16.0 Å². The van der Waals surface area contributed by atoms with Gasteiger partial charge in [0.2, 0.25) is 10.0 Å². The number of nitrogens with zero attached hydrogens (tertiary/aromatic N) is 1. The Morgan fingerprint density at radius 1 is 1.10 bits per heavy atom. The van der Waals surface area contributed by atoms with E-state index in [2.05, 4.69) is 0 Å². The molecule has 0 unspecified atom stereocenters. The van der Waals surface area contributed by atoms with Crippen molar-refractivity contribution in [2.45, 2.75) is 37.6 Å². The molecule has 2 atom stereocenters. The molecule has 7 nitrogen and oxygen atoms in total. The van der Waals surface area contributed by atoms with Crippen molar-refractivity contribution in [3.8, 4) is 5.75 Å². The maximum atomic E-state index is 13.0. The predicted octanol–water partition coefficient (Wildman–Crippen LogP) is 2.85. The topological polar surface area (TPSA) is 82.1 Å². The number of benzene rings is 2. The highest BCUT2D eigenvalue weighted by Crippen LogP contribution is 2.23. The zero-order valence-corrected chi connectivity index (χ0v) is 17.5. The van der Waals surface area contributed by atoms with E-state index in [-0.39, 0.29) is 42.4 Å². The van der Waals surface area contributed by atoms with Gasteiger partial charge >= 0.3 is 5.97 Å². The SMILES string of the molecule is COc1ccccc1COC(=O)c1cccc(S(=O)(=O)N2C[C@@H](C)O[C@@H](C)C2)c1. The Bertz CT molecular complexity index is 965. The van der Waals surface area contributed by atoms with Crippen LogP contribution in [0, 0.1) is 0 Å². The third-order valence-electron chi connectivity index (χ3n) is 4.64. The first kappa shape index (κ1) is 21.3. The molecule has 2 aromatic carbocycles. The van der Waals surface area contributed by atoms with E-state index in [1.807, 2.05) is 26.0 Å². The monoisotopic (exact) mass is 419 g/mol. The number of sulfonamides is 1. The van der Waals surface area contributed by atoms with Crippen molar-refractivity contribution in [1.82, 2.24) is 4.31 Å². The van der Waals surface area contributed by atoms with Gasteiger partial charge in [-0.15, -0.1) is 0 Å². The fourth-order valence-electron chi connectivity index (χ4n) is 3.31. The van der Waals surface area contributed by atoms with Gasteiger partial charge in [0.15, 0.2) is 0 Å². The zero-order chi connectivity index (χ0) is 21.0. The van der Waals surface area contributed by atoms with Gasteiger partial charge in [-0.05, 0) is 38.1 Å². The summed E-state index contributed by atoms with van der Waals surface area (Å²) in [6.45, 7) is 4.25. The number of ether oxygens (including phenoxy) is 3. The second kappa shape index (κ2) is 8.94. The van der Waals surface area contributed by atoms with Crippen molar-refractivity contribution in [2.75, 3.05) is 20.2 Å². The highest BCUT2D eigenvalue weighted by atomic mass is 32.2. The van der Waals surface area contributed by atoms with Crippen LogP contribution < -0.4 is 4.74 Å². The minimum absolute atomic E-state index is 0.0261. The van der Waals surface area contributed by atoms with Crippen LogP contribution >= 0.6 is 0 Å². The molecule has 3 rings (SSSR count). The minimum Gasteiger partial charge on any atom is -0.496 e. The fourth-order valence-corrected chi connectivity index (χ4v) is 4.95. The lowest BCUT2D eigenvalue weighted by atomic mass is 10.2. The molecule has 0 N–H and O–H groups in total. The number of hydrogen-bond donors (Lipinski definition) is 0. The van der Waals surface area contributed by atoms with E-state index in [1.165, 1.54) is 22.5 Å². The molecule has 1 aliphatic heterocycles. The maximum Gasteiger partial charge on any atom is 0.338 e. The average molecular weight is 419 g/mol. The quantitative estimate of drug-likeness (QED) is 0.670. The Balaban J connectivity index is 1.75. The van der Waals surface area contributed by atoms with E-state index in [4.69, 9.17) is 14.2 Å². The lowest BCUT2D eigenvalue weighted by Crippen LogP contribution is -2.48.